The lowest BCUT2D eigenvalue weighted by Crippen LogP contribution is -2.31. The van der Waals surface area contributed by atoms with Crippen LogP contribution in [0.4, 0.5) is 68.2 Å². The summed E-state index contributed by atoms with van der Waals surface area (Å²) >= 11 is 3.62. The summed E-state index contributed by atoms with van der Waals surface area (Å²) < 4.78 is 0. The van der Waals surface area contributed by atoms with Crippen LogP contribution in [0.3, 0.4) is 0 Å². The third-order valence-corrected chi connectivity index (χ3v) is 27.3. The molecule has 0 amide bonds. The smallest absolute Gasteiger partial charge is 0.164 e. The first kappa shape index (κ1) is 81.6. The largest absolute Gasteiger partial charge is 0.310 e. The average molecular weight is 1740 g/mol. The highest BCUT2D eigenvalue weighted by Gasteiger charge is 2.40. The molecule has 0 atom stereocenters. The Bertz CT molecular complexity index is 7280. The van der Waals surface area contributed by atoms with E-state index in [0.29, 0.717) is 34.9 Å². The number of fused-ring (bicyclic) bond motifs is 8. The normalized spacial score (nSPS) is 13.2. The number of benzene rings is 17. The van der Waals surface area contributed by atoms with E-state index in [1.54, 1.807) is 0 Å². The quantitative estimate of drug-likeness (QED) is 0.110. The molecule has 13 heteroatoms. The number of anilines is 12. The molecule has 4 aliphatic heterocycles. The molecule has 0 saturated carbocycles. The van der Waals surface area contributed by atoms with Gasteiger partial charge >= 0.3 is 0 Å². The topological polar surface area (TPSA) is 103 Å². The molecule has 4 aliphatic rings. The number of aromatic nitrogens is 7. The summed E-state index contributed by atoms with van der Waals surface area (Å²) in [4.78, 5) is 49.2. The van der Waals surface area contributed by atoms with Gasteiger partial charge in [-0.2, -0.15) is 0 Å². The SMILES string of the molecule is CC1(C)c2ccccc2N(c2cc(-c3cccc(-c4ccccc4)n3)cc(N3c4ccccc4C(C)(C)c4ccccc43)c2)c2ccccc21.c1ccc(-c2ccc(-c3nc(-c4ccccc4)nc(-c4ccc(N5c6ccccc6Sc6ccccc65)cc4)n3)cc2)cc1.c1ccc(-c2nc(-c3ccccc3)nc(-c3ccc(N4c5ccccc5Sc5ccccc54)cc3)n2)cc1. The van der Waals surface area contributed by atoms with Crippen molar-refractivity contribution < 1.29 is 0 Å². The van der Waals surface area contributed by atoms with Crippen LogP contribution in [-0.4, -0.2) is 34.9 Å². The maximum absolute atomic E-state index is 5.27. The minimum Gasteiger partial charge on any atom is -0.310 e. The van der Waals surface area contributed by atoms with Crippen molar-refractivity contribution in [2.75, 3.05) is 19.6 Å². The van der Waals surface area contributed by atoms with Crippen LogP contribution in [0.25, 0.3) is 102 Å². The zero-order valence-electron chi connectivity index (χ0n) is 73.0. The van der Waals surface area contributed by atoms with Crippen molar-refractivity contribution in [2.24, 2.45) is 0 Å². The molecule has 630 valence electrons. The summed E-state index contributed by atoms with van der Waals surface area (Å²) in [5.74, 6) is 3.91. The van der Waals surface area contributed by atoms with Crippen molar-refractivity contribution in [3.8, 4) is 102 Å². The van der Waals surface area contributed by atoms with Gasteiger partial charge in [0.05, 0.1) is 56.9 Å². The summed E-state index contributed by atoms with van der Waals surface area (Å²) in [7, 11) is 0. The lowest BCUT2D eigenvalue weighted by Gasteiger charge is -2.43. The molecule has 0 fully saturated rings. The Morgan fingerprint density at radius 1 is 0.167 bits per heavy atom. The average Bonchev–Trinajstić information content (AvgIpc) is 0.716. The van der Waals surface area contributed by atoms with Crippen LogP contribution in [0.5, 0.6) is 0 Å². The molecule has 132 heavy (non-hydrogen) atoms. The van der Waals surface area contributed by atoms with Crippen molar-refractivity contribution in [1.29, 1.82) is 0 Å². The molecule has 0 radical (unpaired) electrons. The number of hydrogen-bond donors (Lipinski definition) is 0. The first-order valence-electron chi connectivity index (χ1n) is 44.5. The Kier molecular flexibility index (Phi) is 21.7. The van der Waals surface area contributed by atoms with Gasteiger partial charge in [-0.25, -0.2) is 34.9 Å². The lowest BCUT2D eigenvalue weighted by atomic mass is 9.73. The molecular weight excluding hydrogens is 1650 g/mol. The second kappa shape index (κ2) is 35.1. The van der Waals surface area contributed by atoms with E-state index in [4.69, 9.17) is 34.9 Å². The molecule has 24 rings (SSSR count). The monoisotopic (exact) mass is 1730 g/mol. The van der Waals surface area contributed by atoms with Crippen molar-refractivity contribution >= 4 is 91.8 Å². The maximum Gasteiger partial charge on any atom is 0.164 e. The number of rotatable bonds is 13. The Hall–Kier alpha value is -16.2. The fraction of sp³-hybridized carbons (Fsp3) is 0.0504. The van der Waals surface area contributed by atoms with Crippen molar-refractivity contribution in [3.05, 3.63) is 477 Å². The van der Waals surface area contributed by atoms with Crippen molar-refractivity contribution in [2.45, 2.75) is 58.1 Å². The van der Waals surface area contributed by atoms with Crippen LogP contribution in [0, 0.1) is 0 Å². The third kappa shape index (κ3) is 15.7. The molecule has 11 nitrogen and oxygen atoms in total. The van der Waals surface area contributed by atoms with Gasteiger partial charge in [-0.1, -0.05) is 355 Å². The van der Waals surface area contributed by atoms with Crippen LogP contribution in [0.15, 0.2) is 475 Å². The highest BCUT2D eigenvalue weighted by Crippen LogP contribution is 2.58. The first-order valence-corrected chi connectivity index (χ1v) is 46.1. The zero-order valence-corrected chi connectivity index (χ0v) is 74.7. The van der Waals surface area contributed by atoms with Gasteiger partial charge in [0.25, 0.3) is 0 Å². The summed E-state index contributed by atoms with van der Waals surface area (Å²) in [5.41, 5.74) is 30.9. The maximum atomic E-state index is 5.27. The fourth-order valence-electron chi connectivity index (χ4n) is 18.5. The van der Waals surface area contributed by atoms with Gasteiger partial charge in [-0.05, 0) is 185 Å². The molecular formula is C119H87N11S2. The lowest BCUT2D eigenvalue weighted by molar-refractivity contribution is 0.631. The Balaban J connectivity index is 0.000000117. The summed E-state index contributed by atoms with van der Waals surface area (Å²) in [6, 6.07) is 159. The molecule has 0 N–H and O–H groups in total. The van der Waals surface area contributed by atoms with E-state index in [2.05, 4.69) is 399 Å². The minimum absolute atomic E-state index is 0.147. The highest BCUT2D eigenvalue weighted by molar-refractivity contribution is 8.00. The first-order chi connectivity index (χ1) is 64.9. The molecule has 0 unspecified atom stereocenters. The zero-order chi connectivity index (χ0) is 88.6. The molecule has 7 heterocycles. The van der Waals surface area contributed by atoms with E-state index in [-0.39, 0.29) is 10.8 Å². The highest BCUT2D eigenvalue weighted by atomic mass is 32.2. The van der Waals surface area contributed by atoms with Gasteiger partial charge < -0.3 is 19.6 Å². The standard InChI is InChI=1S/C47H39N3.C39H26N4S.C33H22N4S/c1-46(2)36-19-8-12-25-42(36)49(43-26-13-9-20-37(43)46)34-29-33(41-24-16-23-40(48-41)32-17-6-5-7-18-32)30-35(31-34)50-44-27-14-10-21-38(44)47(3,4)39-22-11-15-28-45(39)50;1-3-11-27(12-4-1)28-19-21-30(22-20-28)38-40-37(29-13-5-2-6-14-29)41-39(42-38)31-23-25-32(26-24-31)43-33-15-7-9-17-35(33)44-36-18-10-8-16-34(36)43;1-3-11-23(12-4-1)31-34-32(24-13-5-2-6-14-24)36-33(35-31)25-19-21-26(22-20-25)37-27-15-7-9-17-29(27)38-30-18-10-8-16-28(30)37/h5-31H,1-4H3;1-26H;1-22H. The van der Waals surface area contributed by atoms with E-state index in [9.17, 15) is 0 Å². The molecule has 17 aromatic carbocycles. The molecule has 0 aliphatic carbocycles. The van der Waals surface area contributed by atoms with Crippen LogP contribution < -0.4 is 19.6 Å². The molecule has 0 saturated heterocycles. The van der Waals surface area contributed by atoms with Crippen LogP contribution in [-0.2, 0) is 10.8 Å². The summed E-state index contributed by atoms with van der Waals surface area (Å²) in [5, 5.41) is 0. The molecule has 0 spiro atoms. The van der Waals surface area contributed by atoms with E-state index >= 15 is 0 Å². The van der Waals surface area contributed by atoms with E-state index in [0.717, 1.165) is 84.2 Å². The van der Waals surface area contributed by atoms with Crippen LogP contribution in [0.2, 0.25) is 0 Å². The van der Waals surface area contributed by atoms with E-state index < -0.39 is 0 Å². The fourth-order valence-corrected chi connectivity index (χ4v) is 20.6. The summed E-state index contributed by atoms with van der Waals surface area (Å²) in [6.45, 7) is 9.36. The number of para-hydroxylation sites is 8. The number of pyridine rings is 1. The Morgan fingerprint density at radius 3 is 0.697 bits per heavy atom. The minimum atomic E-state index is -0.147. The predicted octanol–water partition coefficient (Wildman–Crippen LogP) is 31.9. The van der Waals surface area contributed by atoms with Gasteiger partial charge in [-0.15, -0.1) is 0 Å². The third-order valence-electron chi connectivity index (χ3n) is 25.1. The van der Waals surface area contributed by atoms with Gasteiger partial charge in [0.2, 0.25) is 0 Å². The number of nitrogens with zero attached hydrogens (tertiary/aromatic N) is 11. The van der Waals surface area contributed by atoms with Gasteiger partial charge in [0.1, 0.15) is 0 Å². The Labute approximate surface area is 778 Å². The second-order valence-electron chi connectivity index (χ2n) is 34.0. The van der Waals surface area contributed by atoms with Gasteiger partial charge in [-0.3, -0.25) is 0 Å². The second-order valence-corrected chi connectivity index (χ2v) is 36.2. The predicted molar refractivity (Wildman–Crippen MR) is 544 cm³/mol. The molecule has 20 aromatic rings. The van der Waals surface area contributed by atoms with E-state index in [1.807, 2.05) is 127 Å². The van der Waals surface area contributed by atoms with Crippen molar-refractivity contribution in [1.82, 2.24) is 34.9 Å². The molecule has 3 aromatic heterocycles. The van der Waals surface area contributed by atoms with Gasteiger partial charge in [0.15, 0.2) is 34.9 Å². The molecule has 0 bridgehead atoms. The van der Waals surface area contributed by atoms with Gasteiger partial charge in [0, 0.05) is 97.7 Å². The van der Waals surface area contributed by atoms with Crippen LogP contribution in [0.1, 0.15) is 49.9 Å². The van der Waals surface area contributed by atoms with Crippen molar-refractivity contribution in [3.63, 3.8) is 0 Å². The van der Waals surface area contributed by atoms with E-state index in [1.165, 1.54) is 92.9 Å². The number of hydrogen-bond acceptors (Lipinski definition) is 13. The Morgan fingerprint density at radius 2 is 0.386 bits per heavy atom. The summed E-state index contributed by atoms with van der Waals surface area (Å²) in [6.07, 6.45) is 0. The van der Waals surface area contributed by atoms with Crippen LogP contribution >= 0.6 is 23.5 Å².